The van der Waals surface area contributed by atoms with Crippen LogP contribution in [0.1, 0.15) is 25.5 Å². The SMILES string of the molecule is CC(CS(C)=O)NC(C)c1ccc(S(C)(=O)=O)cc1. The highest BCUT2D eigenvalue weighted by Crippen LogP contribution is 2.16. The van der Waals surface area contributed by atoms with Gasteiger partial charge in [-0.3, -0.25) is 4.21 Å². The van der Waals surface area contributed by atoms with Gasteiger partial charge in [-0.25, -0.2) is 8.42 Å². The van der Waals surface area contributed by atoms with Gasteiger partial charge in [0.25, 0.3) is 0 Å². The highest BCUT2D eigenvalue weighted by molar-refractivity contribution is 7.90. The number of hydrogen-bond donors (Lipinski definition) is 1. The van der Waals surface area contributed by atoms with Gasteiger partial charge in [0.1, 0.15) is 0 Å². The van der Waals surface area contributed by atoms with Crippen LogP contribution in [-0.4, -0.2) is 36.9 Å². The van der Waals surface area contributed by atoms with E-state index in [-0.39, 0.29) is 12.1 Å². The molecule has 0 amide bonds. The summed E-state index contributed by atoms with van der Waals surface area (Å²) in [5.74, 6) is 0.603. The van der Waals surface area contributed by atoms with E-state index in [1.807, 2.05) is 26.0 Å². The minimum atomic E-state index is -3.14. The molecule has 0 saturated carbocycles. The summed E-state index contributed by atoms with van der Waals surface area (Å²) in [4.78, 5) is 0.325. The molecule has 0 aromatic heterocycles. The molecule has 0 fully saturated rings. The fourth-order valence-electron chi connectivity index (χ4n) is 1.93. The summed E-state index contributed by atoms with van der Waals surface area (Å²) >= 11 is 0. The van der Waals surface area contributed by atoms with Gasteiger partial charge in [-0.05, 0) is 31.5 Å². The van der Waals surface area contributed by atoms with Gasteiger partial charge in [0.05, 0.1) is 4.90 Å². The van der Waals surface area contributed by atoms with E-state index < -0.39 is 20.6 Å². The number of nitrogens with one attached hydrogen (secondary N) is 1. The zero-order valence-electron chi connectivity index (χ0n) is 11.7. The molecule has 0 heterocycles. The van der Waals surface area contributed by atoms with E-state index in [4.69, 9.17) is 0 Å². The second-order valence-electron chi connectivity index (χ2n) is 4.87. The van der Waals surface area contributed by atoms with E-state index in [2.05, 4.69) is 5.32 Å². The number of rotatable bonds is 6. The standard InChI is InChI=1S/C13H21NO3S2/c1-10(9-18(3)15)14-11(2)12-5-7-13(8-6-12)19(4,16)17/h5-8,10-11,14H,9H2,1-4H3. The predicted molar refractivity (Wildman–Crippen MR) is 79.5 cm³/mol. The highest BCUT2D eigenvalue weighted by atomic mass is 32.2. The fourth-order valence-corrected chi connectivity index (χ4v) is 3.36. The molecule has 4 nitrogen and oxygen atoms in total. The minimum absolute atomic E-state index is 0.0900. The zero-order chi connectivity index (χ0) is 14.6. The summed E-state index contributed by atoms with van der Waals surface area (Å²) in [5.41, 5.74) is 1.01. The Bertz CT molecular complexity index is 538. The monoisotopic (exact) mass is 303 g/mol. The Labute approximate surface area is 118 Å². The van der Waals surface area contributed by atoms with Crippen LogP contribution in [0, 0.1) is 0 Å². The Kier molecular flexibility index (Phi) is 5.70. The second kappa shape index (κ2) is 6.63. The van der Waals surface area contributed by atoms with Gasteiger partial charge in [-0.15, -0.1) is 0 Å². The van der Waals surface area contributed by atoms with Gasteiger partial charge >= 0.3 is 0 Å². The molecule has 0 saturated heterocycles. The van der Waals surface area contributed by atoms with Crippen LogP contribution < -0.4 is 5.32 Å². The van der Waals surface area contributed by atoms with Gasteiger partial charge in [0.15, 0.2) is 9.84 Å². The molecule has 0 bridgehead atoms. The molecule has 19 heavy (non-hydrogen) atoms. The largest absolute Gasteiger partial charge is 0.307 e. The first kappa shape index (κ1) is 16.3. The van der Waals surface area contributed by atoms with Crippen LogP contribution >= 0.6 is 0 Å². The maximum atomic E-state index is 11.4. The molecular weight excluding hydrogens is 282 g/mol. The first-order chi connectivity index (χ1) is 8.70. The van der Waals surface area contributed by atoms with Gasteiger partial charge in [-0.1, -0.05) is 12.1 Å². The van der Waals surface area contributed by atoms with Gasteiger partial charge in [-0.2, -0.15) is 0 Å². The van der Waals surface area contributed by atoms with Crippen LogP contribution in [0.25, 0.3) is 0 Å². The molecule has 1 aromatic rings. The average Bonchev–Trinajstić information content (AvgIpc) is 2.26. The number of sulfone groups is 1. The van der Waals surface area contributed by atoms with Crippen molar-refractivity contribution < 1.29 is 12.6 Å². The highest BCUT2D eigenvalue weighted by Gasteiger charge is 2.12. The molecule has 1 aromatic carbocycles. The van der Waals surface area contributed by atoms with Crippen molar-refractivity contribution in [2.75, 3.05) is 18.3 Å². The van der Waals surface area contributed by atoms with Gasteiger partial charge in [0, 0.05) is 41.1 Å². The lowest BCUT2D eigenvalue weighted by Crippen LogP contribution is -2.33. The van der Waals surface area contributed by atoms with Crippen molar-refractivity contribution in [2.45, 2.75) is 30.8 Å². The van der Waals surface area contributed by atoms with E-state index in [9.17, 15) is 12.6 Å². The van der Waals surface area contributed by atoms with Crippen LogP contribution in [0.5, 0.6) is 0 Å². The molecule has 0 radical (unpaired) electrons. The van der Waals surface area contributed by atoms with Crippen LogP contribution in [0.15, 0.2) is 29.2 Å². The summed E-state index contributed by atoms with van der Waals surface area (Å²) in [6.45, 7) is 3.99. The topological polar surface area (TPSA) is 63.2 Å². The van der Waals surface area contributed by atoms with Gasteiger partial charge < -0.3 is 5.32 Å². The van der Waals surface area contributed by atoms with E-state index in [1.165, 1.54) is 6.26 Å². The third kappa shape index (κ3) is 5.42. The Hall–Kier alpha value is -0.720. The molecule has 3 atom stereocenters. The maximum absolute atomic E-state index is 11.4. The summed E-state index contributed by atoms with van der Waals surface area (Å²) in [5, 5.41) is 3.34. The number of hydrogen-bond acceptors (Lipinski definition) is 4. The lowest BCUT2D eigenvalue weighted by molar-refractivity contribution is 0.508. The first-order valence-corrected chi connectivity index (χ1v) is 9.68. The summed E-state index contributed by atoms with van der Waals surface area (Å²) < 4.78 is 33.9. The maximum Gasteiger partial charge on any atom is 0.175 e. The first-order valence-electron chi connectivity index (χ1n) is 6.06. The average molecular weight is 303 g/mol. The van der Waals surface area contributed by atoms with Crippen LogP contribution in [0.3, 0.4) is 0 Å². The van der Waals surface area contributed by atoms with Crippen LogP contribution in [-0.2, 0) is 20.6 Å². The summed E-state index contributed by atoms with van der Waals surface area (Å²) in [6, 6.07) is 7.09. The molecule has 108 valence electrons. The normalized spacial score (nSPS) is 16.8. The van der Waals surface area contributed by atoms with Crippen molar-refractivity contribution in [3.05, 3.63) is 29.8 Å². The molecule has 0 aliphatic rings. The molecule has 3 unspecified atom stereocenters. The van der Waals surface area contributed by atoms with Crippen molar-refractivity contribution >= 4 is 20.6 Å². The van der Waals surface area contributed by atoms with Crippen LogP contribution in [0.4, 0.5) is 0 Å². The van der Waals surface area contributed by atoms with E-state index in [0.717, 1.165) is 5.56 Å². The molecule has 0 aliphatic carbocycles. The van der Waals surface area contributed by atoms with E-state index >= 15 is 0 Å². The Morgan fingerprint density at radius 1 is 1.21 bits per heavy atom. The lowest BCUT2D eigenvalue weighted by Gasteiger charge is -2.19. The molecule has 0 spiro atoms. The quantitative estimate of drug-likeness (QED) is 0.865. The lowest BCUT2D eigenvalue weighted by atomic mass is 10.1. The summed E-state index contributed by atoms with van der Waals surface area (Å²) in [7, 11) is -3.97. The van der Waals surface area contributed by atoms with Crippen molar-refractivity contribution in [1.82, 2.24) is 5.32 Å². The van der Waals surface area contributed by atoms with Crippen LogP contribution in [0.2, 0.25) is 0 Å². The molecule has 1 N–H and O–H groups in total. The second-order valence-corrected chi connectivity index (χ2v) is 8.37. The minimum Gasteiger partial charge on any atom is -0.307 e. The zero-order valence-corrected chi connectivity index (χ0v) is 13.3. The van der Waals surface area contributed by atoms with Crippen molar-refractivity contribution in [1.29, 1.82) is 0 Å². The smallest absolute Gasteiger partial charge is 0.175 e. The third-order valence-corrected chi connectivity index (χ3v) is 4.93. The van der Waals surface area contributed by atoms with Gasteiger partial charge in [0.2, 0.25) is 0 Å². The molecule has 6 heteroatoms. The summed E-state index contributed by atoms with van der Waals surface area (Å²) in [6.07, 6.45) is 2.88. The third-order valence-electron chi connectivity index (χ3n) is 2.83. The Morgan fingerprint density at radius 3 is 2.16 bits per heavy atom. The Morgan fingerprint density at radius 2 is 1.74 bits per heavy atom. The molecule has 1 rings (SSSR count). The fraction of sp³-hybridized carbons (Fsp3) is 0.538. The van der Waals surface area contributed by atoms with Crippen molar-refractivity contribution in [2.24, 2.45) is 0 Å². The van der Waals surface area contributed by atoms with E-state index in [0.29, 0.717) is 10.6 Å². The predicted octanol–water partition coefficient (Wildman–Crippen LogP) is 1.51. The van der Waals surface area contributed by atoms with Crippen molar-refractivity contribution in [3.63, 3.8) is 0 Å². The van der Waals surface area contributed by atoms with Crippen molar-refractivity contribution in [3.8, 4) is 0 Å². The Balaban J connectivity index is 2.73. The molecule has 0 aliphatic heterocycles. The molecular formula is C13H21NO3S2. The number of benzene rings is 1. The van der Waals surface area contributed by atoms with E-state index in [1.54, 1.807) is 18.4 Å².